The number of nitrogens with one attached hydrogen (secondary N) is 1. The molecule has 2 aliphatic rings. The number of benzene rings is 2. The van der Waals surface area contributed by atoms with Gasteiger partial charge in [-0.1, -0.05) is 11.6 Å². The molecule has 3 aromatic rings. The maximum Gasteiger partial charge on any atom is 0.410 e. The van der Waals surface area contributed by atoms with Crippen LogP contribution in [0.5, 0.6) is 11.5 Å². The molecule has 2 fully saturated rings. The van der Waals surface area contributed by atoms with Crippen LogP contribution in [-0.4, -0.2) is 52.9 Å². The minimum atomic E-state index is -0.915. The molecule has 202 valence electrons. The van der Waals surface area contributed by atoms with E-state index in [2.05, 4.69) is 15.3 Å². The number of halogens is 3. The van der Waals surface area contributed by atoms with Gasteiger partial charge in [0.15, 0.2) is 17.3 Å². The topological polar surface area (TPSA) is 85.8 Å². The Hall–Kier alpha value is -3.40. The fraction of sp³-hybridized carbons (Fsp3) is 0.444. The van der Waals surface area contributed by atoms with Crippen LogP contribution in [0.2, 0.25) is 5.02 Å². The lowest BCUT2D eigenvalue weighted by atomic mass is 10.0. The zero-order valence-electron chi connectivity index (χ0n) is 21.6. The molecule has 1 unspecified atom stereocenters. The van der Waals surface area contributed by atoms with Gasteiger partial charge in [0, 0.05) is 24.5 Å². The summed E-state index contributed by atoms with van der Waals surface area (Å²) >= 11 is 5.73. The van der Waals surface area contributed by atoms with Gasteiger partial charge in [0.2, 0.25) is 0 Å². The number of amides is 1. The van der Waals surface area contributed by atoms with Crippen LogP contribution >= 0.6 is 11.6 Å². The van der Waals surface area contributed by atoms with E-state index in [9.17, 15) is 13.6 Å². The highest BCUT2D eigenvalue weighted by atomic mass is 35.5. The number of aromatic nitrogens is 2. The molecule has 1 saturated carbocycles. The van der Waals surface area contributed by atoms with Crippen LogP contribution < -0.4 is 14.8 Å². The Labute approximate surface area is 224 Å². The van der Waals surface area contributed by atoms with Crippen molar-refractivity contribution in [3.63, 3.8) is 0 Å². The van der Waals surface area contributed by atoms with Gasteiger partial charge in [-0.2, -0.15) is 0 Å². The van der Waals surface area contributed by atoms with E-state index in [0.717, 1.165) is 18.9 Å². The second-order valence-corrected chi connectivity index (χ2v) is 11.1. The summed E-state index contributed by atoms with van der Waals surface area (Å²) in [5.74, 6) is 0.200. The molecule has 2 aromatic carbocycles. The first-order valence-corrected chi connectivity index (χ1v) is 12.8. The zero-order chi connectivity index (χ0) is 27.2. The molecule has 2 heterocycles. The Kier molecular flexibility index (Phi) is 6.94. The smallest absolute Gasteiger partial charge is 0.410 e. The molecule has 1 amide bonds. The molecule has 1 N–H and O–H groups in total. The molecule has 38 heavy (non-hydrogen) atoms. The molecule has 1 aliphatic heterocycles. The fourth-order valence-electron chi connectivity index (χ4n) is 5.16. The Morgan fingerprint density at radius 3 is 2.47 bits per heavy atom. The van der Waals surface area contributed by atoms with Crippen molar-refractivity contribution in [3.8, 4) is 11.5 Å². The summed E-state index contributed by atoms with van der Waals surface area (Å²) in [6.07, 6.45) is 2.58. The Balaban J connectivity index is 1.34. The molecular formula is C27H29ClF2N4O4. The largest absolute Gasteiger partial charge is 0.493 e. The number of hydrogen-bond donors (Lipinski definition) is 1. The van der Waals surface area contributed by atoms with E-state index in [1.165, 1.54) is 12.4 Å². The third kappa shape index (κ3) is 5.27. The van der Waals surface area contributed by atoms with Crippen molar-refractivity contribution in [1.29, 1.82) is 0 Å². The molecular weight excluding hydrogens is 518 g/mol. The normalized spacial score (nSPS) is 20.9. The van der Waals surface area contributed by atoms with Crippen molar-refractivity contribution < 1.29 is 27.8 Å². The molecule has 1 aliphatic carbocycles. The average molecular weight is 547 g/mol. The SMILES string of the molecule is COc1cc2ncnc(Nc3ccc(F)c(Cl)c3F)c2cc1OC1C[C@@H]2CN(C(=O)OC(C)(C)C)C[C@@H]2C1. The molecule has 3 atom stereocenters. The minimum Gasteiger partial charge on any atom is -0.493 e. The number of anilines is 2. The van der Waals surface area contributed by atoms with E-state index in [1.807, 2.05) is 20.8 Å². The van der Waals surface area contributed by atoms with Gasteiger partial charge in [-0.3, -0.25) is 0 Å². The van der Waals surface area contributed by atoms with Crippen molar-refractivity contribution >= 4 is 40.1 Å². The van der Waals surface area contributed by atoms with E-state index in [1.54, 1.807) is 24.1 Å². The molecule has 8 nitrogen and oxygen atoms in total. The van der Waals surface area contributed by atoms with Crippen molar-refractivity contribution in [1.82, 2.24) is 14.9 Å². The predicted octanol–water partition coefficient (Wildman–Crippen LogP) is 6.34. The molecule has 0 bridgehead atoms. The number of likely N-dealkylation sites (tertiary alicyclic amines) is 1. The lowest BCUT2D eigenvalue weighted by Gasteiger charge is -2.25. The zero-order valence-corrected chi connectivity index (χ0v) is 22.3. The van der Waals surface area contributed by atoms with E-state index in [0.29, 0.717) is 53.1 Å². The average Bonchev–Trinajstić information content (AvgIpc) is 3.42. The van der Waals surface area contributed by atoms with Crippen LogP contribution in [0.1, 0.15) is 33.6 Å². The van der Waals surface area contributed by atoms with Gasteiger partial charge >= 0.3 is 6.09 Å². The van der Waals surface area contributed by atoms with Crippen LogP contribution in [-0.2, 0) is 4.74 Å². The molecule has 11 heteroatoms. The molecule has 1 saturated heterocycles. The first-order chi connectivity index (χ1) is 18.0. The molecule has 0 spiro atoms. The quantitative estimate of drug-likeness (QED) is 0.374. The van der Waals surface area contributed by atoms with Gasteiger partial charge in [-0.15, -0.1) is 0 Å². The summed E-state index contributed by atoms with van der Waals surface area (Å²) in [6.45, 7) is 6.86. The molecule has 5 rings (SSSR count). The van der Waals surface area contributed by atoms with Gasteiger partial charge in [-0.25, -0.2) is 23.5 Å². The fourth-order valence-corrected chi connectivity index (χ4v) is 5.33. The Morgan fingerprint density at radius 2 is 1.82 bits per heavy atom. The van der Waals surface area contributed by atoms with Crippen LogP contribution in [0.25, 0.3) is 10.9 Å². The summed E-state index contributed by atoms with van der Waals surface area (Å²) in [5, 5.41) is 2.85. The summed E-state index contributed by atoms with van der Waals surface area (Å²) < 4.78 is 45.6. The number of hydrogen-bond acceptors (Lipinski definition) is 7. The van der Waals surface area contributed by atoms with Crippen LogP contribution in [0.3, 0.4) is 0 Å². The predicted molar refractivity (Wildman–Crippen MR) is 139 cm³/mol. The van der Waals surface area contributed by atoms with Gasteiger partial charge < -0.3 is 24.4 Å². The number of carbonyl (C=O) groups excluding carboxylic acids is 1. The van der Waals surface area contributed by atoms with Crippen molar-refractivity contribution in [2.75, 3.05) is 25.5 Å². The van der Waals surface area contributed by atoms with Crippen LogP contribution in [0.15, 0.2) is 30.6 Å². The van der Waals surface area contributed by atoms with E-state index >= 15 is 0 Å². The number of ether oxygens (including phenoxy) is 3. The highest BCUT2D eigenvalue weighted by molar-refractivity contribution is 6.31. The highest BCUT2D eigenvalue weighted by Gasteiger charge is 2.44. The monoisotopic (exact) mass is 546 g/mol. The van der Waals surface area contributed by atoms with Crippen molar-refractivity contribution in [3.05, 3.63) is 47.2 Å². The number of nitrogens with zero attached hydrogens (tertiary/aromatic N) is 3. The van der Waals surface area contributed by atoms with E-state index in [-0.39, 0.29) is 17.9 Å². The maximum atomic E-state index is 14.5. The maximum absolute atomic E-state index is 14.5. The lowest BCUT2D eigenvalue weighted by Crippen LogP contribution is -2.36. The van der Waals surface area contributed by atoms with Crippen molar-refractivity contribution in [2.45, 2.75) is 45.3 Å². The second kappa shape index (κ2) is 10.1. The highest BCUT2D eigenvalue weighted by Crippen LogP contribution is 2.43. The number of carbonyl (C=O) groups is 1. The first kappa shape index (κ1) is 26.2. The summed E-state index contributed by atoms with van der Waals surface area (Å²) in [5.41, 5.74) is 0.00336. The Morgan fingerprint density at radius 1 is 1.11 bits per heavy atom. The minimum absolute atomic E-state index is 0.0205. The van der Waals surface area contributed by atoms with Crippen LogP contribution in [0, 0.1) is 23.5 Å². The van der Waals surface area contributed by atoms with Gasteiger partial charge in [0.05, 0.1) is 24.4 Å². The number of fused-ring (bicyclic) bond motifs is 2. The first-order valence-electron chi connectivity index (χ1n) is 12.4. The van der Waals surface area contributed by atoms with E-state index in [4.69, 9.17) is 25.8 Å². The number of rotatable bonds is 5. The Bertz CT molecular complexity index is 1370. The summed E-state index contributed by atoms with van der Waals surface area (Å²) in [6, 6.07) is 5.81. The number of methoxy groups -OCH3 is 1. The lowest BCUT2D eigenvalue weighted by molar-refractivity contribution is 0.0272. The van der Waals surface area contributed by atoms with Crippen LogP contribution in [0.4, 0.5) is 25.1 Å². The third-order valence-corrected chi connectivity index (χ3v) is 7.21. The molecule has 1 aromatic heterocycles. The van der Waals surface area contributed by atoms with Gasteiger partial charge in [0.25, 0.3) is 0 Å². The molecule has 0 radical (unpaired) electrons. The van der Waals surface area contributed by atoms with Gasteiger partial charge in [0.1, 0.15) is 28.6 Å². The van der Waals surface area contributed by atoms with E-state index < -0.39 is 22.3 Å². The summed E-state index contributed by atoms with van der Waals surface area (Å²) in [7, 11) is 1.55. The van der Waals surface area contributed by atoms with Gasteiger partial charge in [-0.05, 0) is 63.6 Å². The third-order valence-electron chi connectivity index (χ3n) is 6.86. The summed E-state index contributed by atoms with van der Waals surface area (Å²) in [4.78, 5) is 22.8. The second-order valence-electron chi connectivity index (χ2n) is 10.7. The van der Waals surface area contributed by atoms with Crippen molar-refractivity contribution in [2.24, 2.45) is 11.8 Å². The standard InChI is InChI=1S/C27H29ClF2N4O4/c1-27(2,3)38-26(35)34-11-14-7-16(8-15(14)12-34)37-22-9-17-20(10-21(22)36-4)31-13-32-25(17)33-19-6-5-18(29)23(28)24(19)30/h5-6,9-10,13-16H,7-8,11-12H2,1-4H3,(H,31,32,33)/t14-,15+,16?.